The summed E-state index contributed by atoms with van der Waals surface area (Å²) in [4.78, 5) is 12.7. The van der Waals surface area contributed by atoms with E-state index in [1.165, 1.54) is 31.2 Å². The Hall–Kier alpha value is -1.66. The van der Waals surface area contributed by atoms with Gasteiger partial charge in [0.05, 0.1) is 6.10 Å². The second-order valence-corrected chi connectivity index (χ2v) is 7.67. The van der Waals surface area contributed by atoms with Crippen LogP contribution in [0.15, 0.2) is 17.6 Å². The van der Waals surface area contributed by atoms with Gasteiger partial charge in [0.1, 0.15) is 5.82 Å². The highest BCUT2D eigenvalue weighted by molar-refractivity contribution is 7.10. The molecule has 2 aromatic heterocycles. The van der Waals surface area contributed by atoms with Gasteiger partial charge in [-0.05, 0) is 61.1 Å². The minimum atomic E-state index is -0.248. The number of rotatable bonds is 4. The van der Waals surface area contributed by atoms with Gasteiger partial charge in [0, 0.05) is 30.7 Å². The van der Waals surface area contributed by atoms with Crippen LogP contribution < -0.4 is 10.2 Å². The van der Waals surface area contributed by atoms with E-state index in [1.54, 1.807) is 16.6 Å². The van der Waals surface area contributed by atoms with Crippen molar-refractivity contribution in [1.29, 1.82) is 0 Å². The summed E-state index contributed by atoms with van der Waals surface area (Å²) in [6, 6.07) is 1.93. The summed E-state index contributed by atoms with van der Waals surface area (Å²) in [6.07, 6.45) is 8.53. The van der Waals surface area contributed by atoms with Crippen LogP contribution in [0.2, 0.25) is 0 Å². The van der Waals surface area contributed by atoms with Crippen LogP contribution in [0.1, 0.15) is 41.7 Å². The molecule has 2 N–H and O–H groups in total. The van der Waals surface area contributed by atoms with Gasteiger partial charge in [0.25, 0.3) is 0 Å². The van der Waals surface area contributed by atoms with Crippen molar-refractivity contribution in [1.82, 2.24) is 9.97 Å². The van der Waals surface area contributed by atoms with Crippen LogP contribution >= 0.6 is 11.3 Å². The van der Waals surface area contributed by atoms with Gasteiger partial charge in [-0.1, -0.05) is 0 Å². The molecule has 0 amide bonds. The zero-order valence-corrected chi connectivity index (χ0v) is 14.7. The molecule has 24 heavy (non-hydrogen) atoms. The third kappa shape index (κ3) is 3.39. The maximum absolute atomic E-state index is 9.85. The van der Waals surface area contributed by atoms with Crippen molar-refractivity contribution in [2.24, 2.45) is 0 Å². The average Bonchev–Trinajstić information content (AvgIpc) is 3.03. The molecule has 128 valence electrons. The second-order valence-electron chi connectivity index (χ2n) is 6.70. The number of anilines is 2. The van der Waals surface area contributed by atoms with Crippen LogP contribution in [0.3, 0.4) is 0 Å². The molecular formula is C18H24N4OS. The third-order valence-electron chi connectivity index (χ3n) is 4.95. The lowest BCUT2D eigenvalue weighted by molar-refractivity contribution is 0.154. The molecule has 6 heteroatoms. The minimum Gasteiger partial charge on any atom is -0.391 e. The predicted octanol–water partition coefficient (Wildman–Crippen LogP) is 2.99. The van der Waals surface area contributed by atoms with Crippen LogP contribution in [0.25, 0.3) is 0 Å². The fourth-order valence-corrected chi connectivity index (χ4v) is 4.80. The van der Waals surface area contributed by atoms with Crippen molar-refractivity contribution in [2.75, 3.05) is 23.3 Å². The number of nitrogens with zero attached hydrogens (tertiary/aromatic N) is 3. The van der Waals surface area contributed by atoms with Crippen LogP contribution in [-0.2, 0) is 19.4 Å². The van der Waals surface area contributed by atoms with Crippen molar-refractivity contribution >= 4 is 23.1 Å². The number of aryl methyl sites for hydroxylation is 1. The normalized spacial score (nSPS) is 20.7. The molecule has 0 aromatic carbocycles. The second kappa shape index (κ2) is 7.07. The number of aromatic nitrogens is 2. The molecule has 1 aliphatic heterocycles. The zero-order valence-electron chi connectivity index (χ0n) is 13.9. The number of piperidine rings is 1. The molecule has 1 aliphatic carbocycles. The van der Waals surface area contributed by atoms with E-state index in [4.69, 9.17) is 0 Å². The summed E-state index contributed by atoms with van der Waals surface area (Å²) in [6.45, 7) is 2.40. The quantitative estimate of drug-likeness (QED) is 0.893. The van der Waals surface area contributed by atoms with E-state index >= 15 is 0 Å². The molecule has 1 atom stereocenters. The summed E-state index contributed by atoms with van der Waals surface area (Å²) in [5.74, 6) is 1.57. The Balaban J connectivity index is 1.43. The fraction of sp³-hybridized carbons (Fsp3) is 0.556. The fourth-order valence-electron chi connectivity index (χ4n) is 3.66. The number of nitrogens with one attached hydrogen (secondary N) is 1. The first-order valence-corrected chi connectivity index (χ1v) is 9.75. The summed E-state index contributed by atoms with van der Waals surface area (Å²) >= 11 is 1.90. The molecule has 0 spiro atoms. The molecule has 0 bridgehead atoms. The largest absolute Gasteiger partial charge is 0.391 e. The van der Waals surface area contributed by atoms with Crippen LogP contribution in [0, 0.1) is 0 Å². The standard InChI is InChI=1S/C18H24N4OS/c23-14-4-3-9-22(11-14)17-7-8-19-18(21-17)20-10-13-12-24-16-6-2-1-5-15(13)16/h7-8,12,14,23H,1-6,9-11H2,(H,19,20,21). The summed E-state index contributed by atoms with van der Waals surface area (Å²) in [5, 5.41) is 15.5. The topological polar surface area (TPSA) is 61.3 Å². The van der Waals surface area contributed by atoms with Gasteiger partial charge in [0.2, 0.25) is 5.95 Å². The first kappa shape index (κ1) is 15.8. The van der Waals surface area contributed by atoms with E-state index in [0.29, 0.717) is 12.5 Å². The first-order valence-electron chi connectivity index (χ1n) is 8.87. The summed E-state index contributed by atoms with van der Waals surface area (Å²) in [7, 11) is 0. The van der Waals surface area contributed by atoms with Gasteiger partial charge in [-0.25, -0.2) is 4.98 Å². The molecule has 5 nitrogen and oxygen atoms in total. The zero-order chi connectivity index (χ0) is 16.4. The predicted molar refractivity (Wildman–Crippen MR) is 97.8 cm³/mol. The van der Waals surface area contributed by atoms with Crippen molar-refractivity contribution in [3.05, 3.63) is 33.6 Å². The molecule has 1 unspecified atom stereocenters. The Labute approximate surface area is 146 Å². The molecule has 0 radical (unpaired) electrons. The van der Waals surface area contributed by atoms with Crippen molar-refractivity contribution < 1.29 is 5.11 Å². The Bertz CT molecular complexity index is 702. The van der Waals surface area contributed by atoms with E-state index in [2.05, 4.69) is 25.6 Å². The Morgan fingerprint density at radius 3 is 3.12 bits per heavy atom. The van der Waals surface area contributed by atoms with E-state index in [0.717, 1.165) is 31.7 Å². The van der Waals surface area contributed by atoms with Crippen molar-refractivity contribution in [3.63, 3.8) is 0 Å². The number of hydrogen-bond donors (Lipinski definition) is 2. The Kier molecular flexibility index (Phi) is 4.67. The van der Waals surface area contributed by atoms with E-state index in [9.17, 15) is 5.11 Å². The molecule has 2 aromatic rings. The molecule has 2 aliphatic rings. The number of thiophene rings is 1. The minimum absolute atomic E-state index is 0.248. The van der Waals surface area contributed by atoms with Gasteiger partial charge in [-0.2, -0.15) is 4.98 Å². The van der Waals surface area contributed by atoms with E-state index < -0.39 is 0 Å². The van der Waals surface area contributed by atoms with E-state index in [-0.39, 0.29) is 6.10 Å². The monoisotopic (exact) mass is 344 g/mol. The lowest BCUT2D eigenvalue weighted by Gasteiger charge is -2.31. The lowest BCUT2D eigenvalue weighted by atomic mass is 9.96. The molecule has 4 rings (SSSR count). The molecule has 3 heterocycles. The van der Waals surface area contributed by atoms with Gasteiger partial charge < -0.3 is 15.3 Å². The highest BCUT2D eigenvalue weighted by Crippen LogP contribution is 2.30. The van der Waals surface area contributed by atoms with Crippen molar-refractivity contribution in [2.45, 2.75) is 51.2 Å². The Morgan fingerprint density at radius 2 is 2.21 bits per heavy atom. The highest BCUT2D eigenvalue weighted by Gasteiger charge is 2.19. The number of fused-ring (bicyclic) bond motifs is 1. The van der Waals surface area contributed by atoms with Crippen LogP contribution in [0.4, 0.5) is 11.8 Å². The smallest absolute Gasteiger partial charge is 0.224 e. The molecule has 0 saturated carbocycles. The van der Waals surface area contributed by atoms with E-state index in [1.807, 2.05) is 17.4 Å². The third-order valence-corrected chi connectivity index (χ3v) is 6.08. The van der Waals surface area contributed by atoms with Gasteiger partial charge in [0.15, 0.2) is 0 Å². The summed E-state index contributed by atoms with van der Waals surface area (Å²) in [5.41, 5.74) is 2.95. The lowest BCUT2D eigenvalue weighted by Crippen LogP contribution is -2.38. The number of β-amino-alcohol motifs (C(OH)–C–C–N with tert-alkyl or cyclic N) is 1. The number of hydrogen-bond acceptors (Lipinski definition) is 6. The SMILES string of the molecule is OC1CCCN(c2ccnc(NCc3csc4c3CCCC4)n2)C1. The van der Waals surface area contributed by atoms with Gasteiger partial charge in [-0.15, -0.1) is 11.3 Å². The van der Waals surface area contributed by atoms with Gasteiger partial charge >= 0.3 is 0 Å². The maximum atomic E-state index is 9.85. The van der Waals surface area contributed by atoms with Gasteiger partial charge in [-0.3, -0.25) is 0 Å². The molecule has 1 fully saturated rings. The first-order chi connectivity index (χ1) is 11.8. The van der Waals surface area contributed by atoms with Crippen molar-refractivity contribution in [3.8, 4) is 0 Å². The molecular weight excluding hydrogens is 320 g/mol. The maximum Gasteiger partial charge on any atom is 0.224 e. The Morgan fingerprint density at radius 1 is 1.29 bits per heavy atom. The highest BCUT2D eigenvalue weighted by atomic mass is 32.1. The average molecular weight is 344 g/mol. The number of aliphatic hydroxyl groups is 1. The summed E-state index contributed by atoms with van der Waals surface area (Å²) < 4.78 is 0. The molecule has 1 saturated heterocycles. The van der Waals surface area contributed by atoms with Crippen LogP contribution in [0.5, 0.6) is 0 Å². The number of aliphatic hydroxyl groups excluding tert-OH is 1. The van der Waals surface area contributed by atoms with Crippen LogP contribution in [-0.4, -0.2) is 34.3 Å².